The van der Waals surface area contributed by atoms with Crippen LogP contribution in [0.1, 0.15) is 17.0 Å². The first-order valence-electron chi connectivity index (χ1n) is 6.49. The number of nitrogens with zero attached hydrogens (tertiary/aromatic N) is 2. The molecule has 0 bridgehead atoms. The largest absolute Gasteiger partial charge is 0.508 e. The second-order valence-corrected chi connectivity index (χ2v) is 5.64. The van der Waals surface area contributed by atoms with Crippen molar-refractivity contribution in [2.24, 2.45) is 0 Å². The Morgan fingerprint density at radius 3 is 2.76 bits per heavy atom. The van der Waals surface area contributed by atoms with Crippen molar-refractivity contribution in [3.05, 3.63) is 63.9 Å². The fourth-order valence-corrected chi connectivity index (χ4v) is 2.47. The van der Waals surface area contributed by atoms with E-state index in [1.807, 2.05) is 37.3 Å². The van der Waals surface area contributed by atoms with Crippen LogP contribution in [0, 0.1) is 6.92 Å². The molecule has 0 atom stereocenters. The summed E-state index contributed by atoms with van der Waals surface area (Å²) in [7, 11) is 0. The molecule has 0 spiro atoms. The third kappa shape index (κ3) is 2.97. The van der Waals surface area contributed by atoms with Crippen LogP contribution in [0.4, 0.5) is 0 Å². The smallest absolute Gasteiger partial charge is 0.257 e. The number of phenols is 1. The predicted molar refractivity (Wildman–Crippen MR) is 83.1 cm³/mol. The molecule has 4 nitrogen and oxygen atoms in total. The van der Waals surface area contributed by atoms with Crippen molar-refractivity contribution in [1.82, 2.24) is 10.1 Å². The van der Waals surface area contributed by atoms with Gasteiger partial charge in [-0.2, -0.15) is 4.98 Å². The number of aromatic hydroxyl groups is 1. The van der Waals surface area contributed by atoms with E-state index in [0.29, 0.717) is 18.1 Å². The molecule has 0 amide bonds. The molecule has 21 heavy (non-hydrogen) atoms. The molecule has 1 aromatic heterocycles. The van der Waals surface area contributed by atoms with Gasteiger partial charge in [0.2, 0.25) is 0 Å². The van der Waals surface area contributed by atoms with Crippen LogP contribution in [0.3, 0.4) is 0 Å². The first-order valence-corrected chi connectivity index (χ1v) is 7.29. The van der Waals surface area contributed by atoms with Gasteiger partial charge in [0, 0.05) is 16.5 Å². The first kappa shape index (κ1) is 13.8. The van der Waals surface area contributed by atoms with Crippen molar-refractivity contribution in [2.45, 2.75) is 13.3 Å². The van der Waals surface area contributed by atoms with E-state index in [9.17, 15) is 5.11 Å². The molecule has 1 heterocycles. The second kappa shape index (κ2) is 5.69. The average Bonchev–Trinajstić information content (AvgIpc) is 2.93. The lowest BCUT2D eigenvalue weighted by molar-refractivity contribution is 0.423. The Balaban J connectivity index is 1.86. The Labute approximate surface area is 130 Å². The van der Waals surface area contributed by atoms with Crippen LogP contribution in [0.25, 0.3) is 11.5 Å². The predicted octanol–water partition coefficient (Wildman–Crippen LogP) is 4.10. The minimum atomic E-state index is 0.256. The third-order valence-corrected chi connectivity index (χ3v) is 3.99. The van der Waals surface area contributed by atoms with E-state index in [2.05, 4.69) is 26.1 Å². The maximum atomic E-state index is 9.55. The fourth-order valence-electron chi connectivity index (χ4n) is 2.04. The Morgan fingerprint density at radius 1 is 1.19 bits per heavy atom. The maximum absolute atomic E-state index is 9.55. The molecule has 0 unspecified atom stereocenters. The van der Waals surface area contributed by atoms with E-state index in [-0.39, 0.29) is 5.75 Å². The summed E-state index contributed by atoms with van der Waals surface area (Å²) in [5.41, 5.74) is 2.68. The van der Waals surface area contributed by atoms with Crippen LogP contribution in [-0.2, 0) is 6.42 Å². The molecule has 106 valence electrons. The Morgan fingerprint density at radius 2 is 2.00 bits per heavy atom. The molecule has 1 N–H and O–H groups in total. The Bertz CT molecular complexity index is 783. The van der Waals surface area contributed by atoms with Gasteiger partial charge in [-0.05, 0) is 42.3 Å². The minimum Gasteiger partial charge on any atom is -0.508 e. The highest BCUT2D eigenvalue weighted by Crippen LogP contribution is 2.25. The van der Waals surface area contributed by atoms with E-state index in [4.69, 9.17) is 4.52 Å². The molecule has 0 aliphatic heterocycles. The van der Waals surface area contributed by atoms with Crippen molar-refractivity contribution in [2.75, 3.05) is 0 Å². The molecule has 2 aromatic carbocycles. The van der Waals surface area contributed by atoms with Gasteiger partial charge in [-0.15, -0.1) is 0 Å². The lowest BCUT2D eigenvalue weighted by Crippen LogP contribution is -1.91. The van der Waals surface area contributed by atoms with Gasteiger partial charge in [-0.25, -0.2) is 0 Å². The summed E-state index contributed by atoms with van der Waals surface area (Å²) >= 11 is 3.51. The SMILES string of the molecule is Cc1cc(-c2nc(Cc3ccccc3Br)no2)ccc1O. The average molecular weight is 345 g/mol. The minimum absolute atomic E-state index is 0.256. The highest BCUT2D eigenvalue weighted by molar-refractivity contribution is 9.10. The van der Waals surface area contributed by atoms with E-state index in [0.717, 1.165) is 21.2 Å². The molecule has 3 rings (SSSR count). The standard InChI is InChI=1S/C16H13BrN2O2/c1-10-8-12(6-7-14(10)20)16-18-15(19-21-16)9-11-4-2-3-5-13(11)17/h2-8,20H,9H2,1H3. The number of halogens is 1. The first-order chi connectivity index (χ1) is 10.1. The van der Waals surface area contributed by atoms with Gasteiger partial charge in [-0.3, -0.25) is 0 Å². The zero-order valence-corrected chi connectivity index (χ0v) is 13.0. The molecule has 0 aliphatic rings. The molecule has 3 aromatic rings. The molecule has 0 fully saturated rings. The van der Waals surface area contributed by atoms with Gasteiger partial charge < -0.3 is 9.63 Å². The summed E-state index contributed by atoms with van der Waals surface area (Å²) in [6, 6.07) is 13.2. The van der Waals surface area contributed by atoms with Crippen molar-refractivity contribution >= 4 is 15.9 Å². The summed E-state index contributed by atoms with van der Waals surface area (Å²) < 4.78 is 6.32. The molecule has 0 aliphatic carbocycles. The van der Waals surface area contributed by atoms with Crippen LogP contribution in [0.2, 0.25) is 0 Å². The molecule has 5 heteroatoms. The van der Waals surface area contributed by atoms with Crippen molar-refractivity contribution in [1.29, 1.82) is 0 Å². The monoisotopic (exact) mass is 344 g/mol. The van der Waals surface area contributed by atoms with Crippen molar-refractivity contribution < 1.29 is 9.63 Å². The van der Waals surface area contributed by atoms with E-state index >= 15 is 0 Å². The maximum Gasteiger partial charge on any atom is 0.257 e. The number of aryl methyl sites for hydroxylation is 1. The fraction of sp³-hybridized carbons (Fsp3) is 0.125. The molecule has 0 saturated carbocycles. The summed E-state index contributed by atoms with van der Waals surface area (Å²) in [6.45, 7) is 1.83. The van der Waals surface area contributed by atoms with Gasteiger partial charge in [0.05, 0.1) is 0 Å². The molecular weight excluding hydrogens is 332 g/mol. The summed E-state index contributed by atoms with van der Waals surface area (Å²) in [5.74, 6) is 1.34. The quantitative estimate of drug-likeness (QED) is 0.776. The van der Waals surface area contributed by atoms with Crippen LogP contribution < -0.4 is 0 Å². The summed E-state index contributed by atoms with van der Waals surface area (Å²) in [5, 5.41) is 13.6. The summed E-state index contributed by atoms with van der Waals surface area (Å²) in [4.78, 5) is 4.41. The highest BCUT2D eigenvalue weighted by Gasteiger charge is 2.11. The van der Waals surface area contributed by atoms with Gasteiger partial charge in [0.1, 0.15) is 5.75 Å². The normalized spacial score (nSPS) is 10.8. The third-order valence-electron chi connectivity index (χ3n) is 3.22. The van der Waals surface area contributed by atoms with E-state index < -0.39 is 0 Å². The highest BCUT2D eigenvalue weighted by atomic mass is 79.9. The van der Waals surface area contributed by atoms with Crippen molar-refractivity contribution in [3.8, 4) is 17.2 Å². The number of rotatable bonds is 3. The number of hydrogen-bond acceptors (Lipinski definition) is 4. The summed E-state index contributed by atoms with van der Waals surface area (Å²) in [6.07, 6.45) is 0.599. The molecule has 0 radical (unpaired) electrons. The number of benzene rings is 2. The molecule has 0 saturated heterocycles. The zero-order valence-electron chi connectivity index (χ0n) is 11.4. The van der Waals surface area contributed by atoms with Crippen LogP contribution in [0.5, 0.6) is 5.75 Å². The van der Waals surface area contributed by atoms with Gasteiger partial charge in [0.15, 0.2) is 5.82 Å². The second-order valence-electron chi connectivity index (χ2n) is 4.79. The van der Waals surface area contributed by atoms with Crippen molar-refractivity contribution in [3.63, 3.8) is 0 Å². The van der Waals surface area contributed by atoms with E-state index in [1.54, 1.807) is 12.1 Å². The van der Waals surface area contributed by atoms with Crippen LogP contribution >= 0.6 is 15.9 Å². The Kier molecular flexibility index (Phi) is 3.75. The lowest BCUT2D eigenvalue weighted by Gasteiger charge is -2.00. The van der Waals surface area contributed by atoms with Gasteiger partial charge in [-0.1, -0.05) is 39.3 Å². The van der Waals surface area contributed by atoms with Crippen LogP contribution in [0.15, 0.2) is 51.5 Å². The number of phenolic OH excluding ortho intramolecular Hbond substituents is 1. The topological polar surface area (TPSA) is 59.2 Å². The lowest BCUT2D eigenvalue weighted by atomic mass is 10.1. The van der Waals surface area contributed by atoms with E-state index in [1.165, 1.54) is 0 Å². The molecular formula is C16H13BrN2O2. The Hall–Kier alpha value is -2.14. The van der Waals surface area contributed by atoms with Gasteiger partial charge in [0.25, 0.3) is 5.89 Å². The number of hydrogen-bond donors (Lipinski definition) is 1. The number of aromatic nitrogens is 2. The van der Waals surface area contributed by atoms with Crippen LogP contribution in [-0.4, -0.2) is 15.2 Å². The zero-order chi connectivity index (χ0) is 14.8. The van der Waals surface area contributed by atoms with Gasteiger partial charge >= 0.3 is 0 Å².